The molecular weight excluding hydrogens is 253 g/mol. The normalized spacial score (nSPS) is 18.1. The molecular formula is C16H20FN3. The van der Waals surface area contributed by atoms with E-state index in [1.54, 1.807) is 0 Å². The van der Waals surface area contributed by atoms with Gasteiger partial charge in [0, 0.05) is 6.54 Å². The first-order valence-electron chi connectivity index (χ1n) is 7.13. The highest BCUT2D eigenvalue weighted by molar-refractivity contribution is 5.58. The van der Waals surface area contributed by atoms with Crippen molar-refractivity contribution in [3.8, 4) is 11.3 Å². The monoisotopic (exact) mass is 273 g/mol. The third-order valence-corrected chi connectivity index (χ3v) is 4.22. The highest BCUT2D eigenvalue weighted by atomic mass is 19.1. The van der Waals surface area contributed by atoms with Gasteiger partial charge < -0.3 is 9.88 Å². The van der Waals surface area contributed by atoms with Crippen LogP contribution in [0.4, 0.5) is 4.39 Å². The number of rotatable bonds is 3. The molecule has 0 bridgehead atoms. The minimum atomic E-state index is -0.204. The molecule has 1 fully saturated rings. The van der Waals surface area contributed by atoms with Gasteiger partial charge in [0.1, 0.15) is 5.82 Å². The van der Waals surface area contributed by atoms with Crippen molar-refractivity contribution in [3.05, 3.63) is 42.6 Å². The molecule has 0 radical (unpaired) electrons. The summed E-state index contributed by atoms with van der Waals surface area (Å²) in [5.74, 6) is -0.204. The SMILES string of the molecule is CC1(Cn2cncc2-c2ccc(F)cc2)CCNCC1. The van der Waals surface area contributed by atoms with Crippen molar-refractivity contribution in [1.82, 2.24) is 14.9 Å². The molecule has 3 rings (SSSR count). The predicted octanol–water partition coefficient (Wildman–Crippen LogP) is 3.08. The Morgan fingerprint density at radius 3 is 2.65 bits per heavy atom. The van der Waals surface area contributed by atoms with E-state index in [-0.39, 0.29) is 5.82 Å². The van der Waals surface area contributed by atoms with E-state index in [9.17, 15) is 4.39 Å². The average Bonchev–Trinajstić information content (AvgIpc) is 2.88. The molecule has 0 atom stereocenters. The summed E-state index contributed by atoms with van der Waals surface area (Å²) in [5, 5.41) is 3.41. The number of piperidine rings is 1. The van der Waals surface area contributed by atoms with Crippen molar-refractivity contribution in [3.63, 3.8) is 0 Å². The van der Waals surface area contributed by atoms with Crippen molar-refractivity contribution < 1.29 is 4.39 Å². The van der Waals surface area contributed by atoms with Gasteiger partial charge in [-0.05, 0) is 61.2 Å². The van der Waals surface area contributed by atoms with Crippen LogP contribution >= 0.6 is 0 Å². The fraction of sp³-hybridized carbons (Fsp3) is 0.438. The second-order valence-electron chi connectivity index (χ2n) is 5.97. The summed E-state index contributed by atoms with van der Waals surface area (Å²) in [6.45, 7) is 5.46. The number of hydrogen-bond donors (Lipinski definition) is 1. The van der Waals surface area contributed by atoms with Gasteiger partial charge >= 0.3 is 0 Å². The first-order chi connectivity index (χ1) is 9.66. The Morgan fingerprint density at radius 2 is 1.95 bits per heavy atom. The van der Waals surface area contributed by atoms with E-state index in [1.165, 1.54) is 25.0 Å². The van der Waals surface area contributed by atoms with E-state index < -0.39 is 0 Å². The van der Waals surface area contributed by atoms with Crippen molar-refractivity contribution >= 4 is 0 Å². The van der Waals surface area contributed by atoms with Crippen LogP contribution in [-0.2, 0) is 6.54 Å². The highest BCUT2D eigenvalue weighted by Gasteiger charge is 2.27. The van der Waals surface area contributed by atoms with Gasteiger partial charge in [0.25, 0.3) is 0 Å². The Hall–Kier alpha value is -1.68. The molecule has 2 aromatic rings. The molecule has 1 N–H and O–H groups in total. The molecule has 0 spiro atoms. The van der Waals surface area contributed by atoms with Crippen LogP contribution in [0.25, 0.3) is 11.3 Å². The number of nitrogens with one attached hydrogen (secondary N) is 1. The predicted molar refractivity (Wildman–Crippen MR) is 77.8 cm³/mol. The Balaban J connectivity index is 1.84. The lowest BCUT2D eigenvalue weighted by Gasteiger charge is -2.34. The first-order valence-corrected chi connectivity index (χ1v) is 7.13. The third kappa shape index (κ3) is 2.75. The Labute approximate surface area is 118 Å². The molecule has 4 heteroatoms. The van der Waals surface area contributed by atoms with E-state index in [0.717, 1.165) is 30.9 Å². The van der Waals surface area contributed by atoms with Gasteiger partial charge in [0.2, 0.25) is 0 Å². The summed E-state index contributed by atoms with van der Waals surface area (Å²) < 4.78 is 15.2. The van der Waals surface area contributed by atoms with Gasteiger partial charge in [-0.2, -0.15) is 0 Å². The highest BCUT2D eigenvalue weighted by Crippen LogP contribution is 2.32. The van der Waals surface area contributed by atoms with Gasteiger partial charge in [-0.1, -0.05) is 6.92 Å². The summed E-state index contributed by atoms with van der Waals surface area (Å²) in [7, 11) is 0. The summed E-state index contributed by atoms with van der Waals surface area (Å²) in [6.07, 6.45) is 6.09. The topological polar surface area (TPSA) is 29.9 Å². The molecule has 1 saturated heterocycles. The molecule has 1 aromatic carbocycles. The van der Waals surface area contributed by atoms with E-state index >= 15 is 0 Å². The van der Waals surface area contributed by atoms with Crippen LogP contribution in [0, 0.1) is 11.2 Å². The van der Waals surface area contributed by atoms with E-state index in [2.05, 4.69) is 21.8 Å². The van der Waals surface area contributed by atoms with Gasteiger partial charge in [-0.25, -0.2) is 9.37 Å². The molecule has 1 aliphatic heterocycles. The third-order valence-electron chi connectivity index (χ3n) is 4.22. The summed E-state index contributed by atoms with van der Waals surface area (Å²) in [6, 6.07) is 6.62. The molecule has 106 valence electrons. The van der Waals surface area contributed by atoms with Crippen LogP contribution < -0.4 is 5.32 Å². The van der Waals surface area contributed by atoms with Crippen molar-refractivity contribution in [2.24, 2.45) is 5.41 Å². The minimum Gasteiger partial charge on any atom is -0.330 e. The van der Waals surface area contributed by atoms with Crippen LogP contribution in [0.5, 0.6) is 0 Å². The van der Waals surface area contributed by atoms with Crippen molar-refractivity contribution in [2.45, 2.75) is 26.3 Å². The molecule has 0 amide bonds. The summed E-state index contributed by atoms with van der Waals surface area (Å²) >= 11 is 0. The molecule has 0 saturated carbocycles. The Kier molecular flexibility index (Phi) is 3.57. The van der Waals surface area contributed by atoms with Crippen molar-refractivity contribution in [1.29, 1.82) is 0 Å². The smallest absolute Gasteiger partial charge is 0.123 e. The fourth-order valence-electron chi connectivity index (χ4n) is 2.91. The second kappa shape index (κ2) is 5.37. The Bertz CT molecular complexity index is 568. The molecule has 2 heterocycles. The van der Waals surface area contributed by atoms with Crippen LogP contribution in [-0.4, -0.2) is 22.6 Å². The zero-order valence-electron chi connectivity index (χ0n) is 11.8. The number of benzene rings is 1. The molecule has 1 aliphatic rings. The first kappa shape index (κ1) is 13.3. The van der Waals surface area contributed by atoms with Crippen LogP contribution in [0.2, 0.25) is 0 Å². The quantitative estimate of drug-likeness (QED) is 0.931. The number of hydrogen-bond acceptors (Lipinski definition) is 2. The van der Waals surface area contributed by atoms with E-state index in [0.29, 0.717) is 5.41 Å². The molecule has 1 aromatic heterocycles. The number of nitrogens with zero attached hydrogens (tertiary/aromatic N) is 2. The maximum absolute atomic E-state index is 13.0. The van der Waals surface area contributed by atoms with Gasteiger partial charge in [0.05, 0.1) is 18.2 Å². The minimum absolute atomic E-state index is 0.204. The lowest BCUT2D eigenvalue weighted by Crippen LogP contribution is -2.37. The summed E-state index contributed by atoms with van der Waals surface area (Å²) in [5.41, 5.74) is 2.38. The molecule has 0 unspecified atom stereocenters. The molecule has 3 nitrogen and oxygen atoms in total. The van der Waals surface area contributed by atoms with Crippen LogP contribution in [0.15, 0.2) is 36.8 Å². The Morgan fingerprint density at radius 1 is 1.25 bits per heavy atom. The lowest BCUT2D eigenvalue weighted by atomic mass is 9.81. The van der Waals surface area contributed by atoms with Gasteiger partial charge in [-0.15, -0.1) is 0 Å². The van der Waals surface area contributed by atoms with Crippen molar-refractivity contribution in [2.75, 3.05) is 13.1 Å². The van der Waals surface area contributed by atoms with Crippen LogP contribution in [0.3, 0.4) is 0 Å². The second-order valence-corrected chi connectivity index (χ2v) is 5.97. The number of imidazole rings is 1. The zero-order valence-corrected chi connectivity index (χ0v) is 11.8. The average molecular weight is 273 g/mol. The maximum Gasteiger partial charge on any atom is 0.123 e. The number of halogens is 1. The van der Waals surface area contributed by atoms with Crippen LogP contribution in [0.1, 0.15) is 19.8 Å². The molecule has 20 heavy (non-hydrogen) atoms. The van der Waals surface area contributed by atoms with Gasteiger partial charge in [0.15, 0.2) is 0 Å². The standard InChI is InChI=1S/C16H20FN3/c1-16(6-8-18-9-7-16)11-20-12-19-10-15(20)13-2-4-14(17)5-3-13/h2-5,10,12,18H,6-9,11H2,1H3. The largest absolute Gasteiger partial charge is 0.330 e. The van der Waals surface area contributed by atoms with E-state index in [4.69, 9.17) is 0 Å². The van der Waals surface area contributed by atoms with E-state index in [1.807, 2.05) is 24.7 Å². The lowest BCUT2D eigenvalue weighted by molar-refractivity contribution is 0.195. The fourth-order valence-corrected chi connectivity index (χ4v) is 2.91. The zero-order chi connectivity index (χ0) is 14.0. The summed E-state index contributed by atoms with van der Waals surface area (Å²) in [4.78, 5) is 4.27. The number of aromatic nitrogens is 2. The maximum atomic E-state index is 13.0. The van der Waals surface area contributed by atoms with Gasteiger partial charge in [-0.3, -0.25) is 0 Å². The molecule has 0 aliphatic carbocycles.